The molecule has 2 N–H and O–H groups in total. The molecule has 1 unspecified atom stereocenters. The zero-order chi connectivity index (χ0) is 20.7. The number of unbranched alkanes of at least 4 members (excludes halogenated alkanes) is 1. The number of hydrogen-bond acceptors (Lipinski definition) is 6. The van der Waals surface area contributed by atoms with Gasteiger partial charge in [-0.15, -0.1) is 0 Å². The summed E-state index contributed by atoms with van der Waals surface area (Å²) in [6.45, 7) is 7.63. The molecule has 1 aromatic rings. The van der Waals surface area contributed by atoms with E-state index < -0.39 is 11.9 Å². The lowest BCUT2D eigenvalue weighted by molar-refractivity contribution is -0.139. The van der Waals surface area contributed by atoms with Crippen molar-refractivity contribution in [1.82, 2.24) is 4.90 Å². The molecule has 0 radical (unpaired) electrons. The number of nitriles is 1. The molecule has 6 heteroatoms. The van der Waals surface area contributed by atoms with Crippen molar-refractivity contribution in [2.24, 2.45) is 5.73 Å². The van der Waals surface area contributed by atoms with Crippen LogP contribution in [0.2, 0.25) is 0 Å². The third kappa shape index (κ3) is 4.93. The number of rotatable bonds is 8. The van der Waals surface area contributed by atoms with Gasteiger partial charge in [-0.1, -0.05) is 37.6 Å². The van der Waals surface area contributed by atoms with Crippen LogP contribution in [0.4, 0.5) is 0 Å². The second kappa shape index (κ2) is 9.95. The minimum Gasteiger partial charge on any atom is -0.463 e. The van der Waals surface area contributed by atoms with Crippen LogP contribution in [0.1, 0.15) is 50.7 Å². The topological polar surface area (TPSA) is 88.6 Å². The molecular weight excluding hydrogens is 354 g/mol. The maximum Gasteiger partial charge on any atom is 0.338 e. The summed E-state index contributed by atoms with van der Waals surface area (Å²) in [5.41, 5.74) is 8.44. The van der Waals surface area contributed by atoms with Gasteiger partial charge in [-0.25, -0.2) is 4.79 Å². The van der Waals surface area contributed by atoms with Gasteiger partial charge >= 0.3 is 5.97 Å². The van der Waals surface area contributed by atoms with Crippen molar-refractivity contribution in [3.05, 3.63) is 58.2 Å². The smallest absolute Gasteiger partial charge is 0.338 e. The van der Waals surface area contributed by atoms with Crippen LogP contribution in [0, 0.1) is 11.3 Å². The van der Waals surface area contributed by atoms with Gasteiger partial charge in [0.2, 0.25) is 5.88 Å². The number of hydrogen-bond donors (Lipinski definition) is 1. The van der Waals surface area contributed by atoms with E-state index in [0.717, 1.165) is 37.1 Å². The number of carbonyl (C=O) groups is 1. The molecule has 0 saturated heterocycles. The Morgan fingerprint density at radius 3 is 2.79 bits per heavy atom. The van der Waals surface area contributed by atoms with Crippen LogP contribution in [-0.2, 0) is 20.8 Å². The van der Waals surface area contributed by atoms with Crippen LogP contribution < -0.4 is 5.73 Å². The molecule has 0 aliphatic carbocycles. The molecule has 0 amide bonds. The first kappa shape index (κ1) is 21.5. The Morgan fingerprint density at radius 2 is 2.14 bits per heavy atom. The molecule has 1 atom stereocenters. The van der Waals surface area contributed by atoms with E-state index in [1.807, 2.05) is 24.3 Å². The second-order valence-electron chi connectivity index (χ2n) is 6.95. The van der Waals surface area contributed by atoms with Gasteiger partial charge in [0.1, 0.15) is 17.4 Å². The molecule has 28 heavy (non-hydrogen) atoms. The third-order valence-electron chi connectivity index (χ3n) is 4.73. The second-order valence-corrected chi connectivity index (χ2v) is 6.95. The fourth-order valence-corrected chi connectivity index (χ4v) is 3.38. The van der Waals surface area contributed by atoms with Gasteiger partial charge in [0.15, 0.2) is 0 Å². The van der Waals surface area contributed by atoms with Crippen molar-refractivity contribution in [2.75, 3.05) is 20.2 Å². The first-order valence-corrected chi connectivity index (χ1v) is 9.65. The third-order valence-corrected chi connectivity index (χ3v) is 4.73. The molecule has 0 fully saturated rings. The quantitative estimate of drug-likeness (QED) is 0.691. The number of benzene rings is 1. The number of esters is 1. The summed E-state index contributed by atoms with van der Waals surface area (Å²) in [7, 11) is 2.09. The molecule has 0 saturated carbocycles. The van der Waals surface area contributed by atoms with E-state index in [1.54, 1.807) is 13.8 Å². The summed E-state index contributed by atoms with van der Waals surface area (Å²) in [6.07, 6.45) is 2.29. The molecule has 1 aliphatic heterocycles. The Kier molecular flexibility index (Phi) is 7.65. The highest BCUT2D eigenvalue weighted by molar-refractivity contribution is 5.92. The van der Waals surface area contributed by atoms with Crippen molar-refractivity contribution in [3.8, 4) is 6.07 Å². The molecule has 0 aromatic heterocycles. The minimum atomic E-state index is -0.598. The Labute approximate surface area is 167 Å². The van der Waals surface area contributed by atoms with Crippen LogP contribution in [0.25, 0.3) is 0 Å². The van der Waals surface area contributed by atoms with Crippen LogP contribution >= 0.6 is 0 Å². The number of nitrogens with two attached hydrogens (primary N) is 1. The zero-order valence-electron chi connectivity index (χ0n) is 17.1. The van der Waals surface area contributed by atoms with Crippen LogP contribution in [0.5, 0.6) is 0 Å². The Bertz CT molecular complexity index is 821. The highest BCUT2D eigenvalue weighted by Crippen LogP contribution is 2.39. The molecule has 0 bridgehead atoms. The maximum absolute atomic E-state index is 12.6. The highest BCUT2D eigenvalue weighted by Gasteiger charge is 2.36. The van der Waals surface area contributed by atoms with Gasteiger partial charge in [0, 0.05) is 6.54 Å². The van der Waals surface area contributed by atoms with Crippen molar-refractivity contribution >= 4 is 5.97 Å². The van der Waals surface area contributed by atoms with E-state index in [1.165, 1.54) is 0 Å². The average Bonchev–Trinajstić information content (AvgIpc) is 2.66. The molecule has 0 spiro atoms. The summed E-state index contributed by atoms with van der Waals surface area (Å²) < 4.78 is 10.7. The maximum atomic E-state index is 12.6. The molecule has 1 aromatic carbocycles. The Balaban J connectivity index is 2.43. The lowest BCUT2D eigenvalue weighted by atomic mass is 9.82. The van der Waals surface area contributed by atoms with E-state index in [-0.39, 0.29) is 18.1 Å². The monoisotopic (exact) mass is 383 g/mol. The Hall–Kier alpha value is -2.78. The molecule has 1 heterocycles. The summed E-state index contributed by atoms with van der Waals surface area (Å²) in [4.78, 5) is 14.9. The van der Waals surface area contributed by atoms with Crippen molar-refractivity contribution in [1.29, 1.82) is 5.26 Å². The van der Waals surface area contributed by atoms with Gasteiger partial charge in [-0.2, -0.15) is 5.26 Å². The van der Waals surface area contributed by atoms with Crippen LogP contribution in [0.3, 0.4) is 0 Å². The number of ether oxygens (including phenoxy) is 2. The van der Waals surface area contributed by atoms with E-state index in [9.17, 15) is 10.1 Å². The highest BCUT2D eigenvalue weighted by atomic mass is 16.5. The zero-order valence-corrected chi connectivity index (χ0v) is 17.1. The normalized spacial score (nSPS) is 16.8. The Morgan fingerprint density at radius 1 is 1.39 bits per heavy atom. The van der Waals surface area contributed by atoms with Gasteiger partial charge in [0.25, 0.3) is 0 Å². The lowest BCUT2D eigenvalue weighted by Gasteiger charge is -2.27. The average molecular weight is 383 g/mol. The molecule has 6 nitrogen and oxygen atoms in total. The van der Waals surface area contributed by atoms with E-state index in [0.29, 0.717) is 11.3 Å². The predicted octanol–water partition coefficient (Wildman–Crippen LogP) is 3.56. The summed E-state index contributed by atoms with van der Waals surface area (Å²) in [5.74, 6) is -0.691. The number of allylic oxidation sites excluding steroid dienone is 2. The van der Waals surface area contributed by atoms with Crippen LogP contribution in [-0.4, -0.2) is 31.1 Å². The first-order chi connectivity index (χ1) is 13.4. The standard InChI is InChI=1S/C22H29N3O3/c1-5-7-11-25(4)14-16-9-8-10-17(12-16)20-18(13-23)21(24)28-15(3)19(20)22(26)27-6-2/h8-10,12,20H,5-7,11,14,24H2,1-4H3. The largest absolute Gasteiger partial charge is 0.463 e. The molecule has 2 rings (SSSR count). The SMILES string of the molecule is CCCCN(C)Cc1cccc(C2C(C#N)=C(N)OC(C)=C2C(=O)OCC)c1. The van der Waals surface area contributed by atoms with Gasteiger partial charge in [-0.3, -0.25) is 0 Å². The summed E-state index contributed by atoms with van der Waals surface area (Å²) in [6, 6.07) is 10.0. The molecule has 1 aliphatic rings. The van der Waals surface area contributed by atoms with Gasteiger partial charge < -0.3 is 20.1 Å². The molecular formula is C22H29N3O3. The van der Waals surface area contributed by atoms with Crippen LogP contribution in [0.15, 0.2) is 47.1 Å². The fraction of sp³-hybridized carbons (Fsp3) is 0.455. The van der Waals surface area contributed by atoms with Crippen molar-refractivity contribution in [3.63, 3.8) is 0 Å². The predicted molar refractivity (Wildman–Crippen MR) is 108 cm³/mol. The lowest BCUT2D eigenvalue weighted by Crippen LogP contribution is -2.25. The van der Waals surface area contributed by atoms with E-state index in [2.05, 4.69) is 24.9 Å². The molecule has 150 valence electrons. The minimum absolute atomic E-state index is 0.0310. The van der Waals surface area contributed by atoms with Gasteiger partial charge in [0.05, 0.1) is 18.1 Å². The number of carbonyl (C=O) groups excluding carboxylic acids is 1. The number of nitrogens with zero attached hydrogens (tertiary/aromatic N) is 2. The first-order valence-electron chi connectivity index (χ1n) is 9.65. The fourth-order valence-electron chi connectivity index (χ4n) is 3.38. The summed E-state index contributed by atoms with van der Waals surface area (Å²) >= 11 is 0. The van der Waals surface area contributed by atoms with Crippen molar-refractivity contribution in [2.45, 2.75) is 46.1 Å². The van der Waals surface area contributed by atoms with E-state index in [4.69, 9.17) is 15.2 Å². The summed E-state index contributed by atoms with van der Waals surface area (Å²) in [5, 5.41) is 9.67. The van der Waals surface area contributed by atoms with E-state index >= 15 is 0 Å². The van der Waals surface area contributed by atoms with Gasteiger partial charge in [-0.05, 0) is 45.0 Å². The van der Waals surface area contributed by atoms with Crippen molar-refractivity contribution < 1.29 is 14.3 Å².